The number of hydrogen-bond donors (Lipinski definition) is 0. The van der Waals surface area contributed by atoms with Crippen molar-refractivity contribution in [2.24, 2.45) is 0 Å². The van der Waals surface area contributed by atoms with Gasteiger partial charge in [0.25, 0.3) is 0 Å². The van der Waals surface area contributed by atoms with Gasteiger partial charge in [0.1, 0.15) is 0 Å². The number of benzene rings is 2. The van der Waals surface area contributed by atoms with Gasteiger partial charge in [-0.1, -0.05) is 54.6 Å². The van der Waals surface area contributed by atoms with Crippen molar-refractivity contribution in [2.75, 3.05) is 6.54 Å². The van der Waals surface area contributed by atoms with Crippen LogP contribution in [0, 0.1) is 0 Å². The largest absolute Gasteiger partial charge is 0.332 e. The van der Waals surface area contributed by atoms with E-state index >= 15 is 0 Å². The van der Waals surface area contributed by atoms with Crippen LogP contribution in [0.15, 0.2) is 83.1 Å². The maximum Gasteiger partial charge on any atom is 0.244 e. The average Bonchev–Trinajstić information content (AvgIpc) is 3.25. The van der Waals surface area contributed by atoms with Crippen LogP contribution in [0.5, 0.6) is 0 Å². The first-order chi connectivity index (χ1) is 14.7. The van der Waals surface area contributed by atoms with E-state index in [1.165, 1.54) is 4.31 Å². The topological polar surface area (TPSA) is 57.7 Å². The van der Waals surface area contributed by atoms with E-state index in [-0.39, 0.29) is 17.3 Å². The van der Waals surface area contributed by atoms with E-state index in [2.05, 4.69) is 0 Å². The molecule has 2 aromatic carbocycles. The SMILES string of the molecule is CC(C)(C)N(CC(=O)N(Cc1ccccc1)Cc1cccs1)S(=O)(=O)c1ccccc1. The third-order valence-electron chi connectivity index (χ3n) is 4.85. The summed E-state index contributed by atoms with van der Waals surface area (Å²) in [7, 11) is -3.83. The van der Waals surface area contributed by atoms with Gasteiger partial charge in [0.05, 0.1) is 18.0 Å². The zero-order valence-electron chi connectivity index (χ0n) is 18.1. The van der Waals surface area contributed by atoms with Crippen LogP contribution in [0.1, 0.15) is 31.2 Å². The molecule has 5 nitrogen and oxygen atoms in total. The molecule has 1 heterocycles. The Kier molecular flexibility index (Phi) is 7.30. The van der Waals surface area contributed by atoms with Crippen LogP contribution in [0.2, 0.25) is 0 Å². The molecule has 0 aliphatic rings. The van der Waals surface area contributed by atoms with Crippen molar-refractivity contribution in [2.45, 2.75) is 44.3 Å². The highest BCUT2D eigenvalue weighted by Gasteiger charge is 2.36. The van der Waals surface area contributed by atoms with Crippen LogP contribution in [0.25, 0.3) is 0 Å². The van der Waals surface area contributed by atoms with E-state index in [4.69, 9.17) is 0 Å². The number of rotatable bonds is 8. The summed E-state index contributed by atoms with van der Waals surface area (Å²) >= 11 is 1.58. The maximum absolute atomic E-state index is 13.4. The summed E-state index contributed by atoms with van der Waals surface area (Å²) < 4.78 is 28.0. The smallest absolute Gasteiger partial charge is 0.244 e. The molecule has 0 fully saturated rings. The molecule has 3 rings (SSSR count). The fraction of sp³-hybridized carbons (Fsp3) is 0.292. The molecule has 1 aromatic heterocycles. The molecule has 0 aliphatic heterocycles. The Hall–Kier alpha value is -2.48. The standard InChI is InChI=1S/C24H28N2O3S2/c1-24(2,3)26(31(28,29)22-14-8-5-9-15-22)19-23(27)25(18-21-13-10-16-30-21)17-20-11-6-4-7-12-20/h4-16H,17-19H2,1-3H3. The van der Waals surface area contributed by atoms with E-state index in [9.17, 15) is 13.2 Å². The van der Waals surface area contributed by atoms with Crippen molar-refractivity contribution < 1.29 is 13.2 Å². The number of carbonyl (C=O) groups excluding carboxylic acids is 1. The van der Waals surface area contributed by atoms with Gasteiger partial charge >= 0.3 is 0 Å². The monoisotopic (exact) mass is 456 g/mol. The van der Waals surface area contributed by atoms with E-state index in [0.717, 1.165) is 10.4 Å². The second-order valence-electron chi connectivity index (χ2n) is 8.31. The molecule has 0 N–H and O–H groups in total. The summed E-state index contributed by atoms with van der Waals surface area (Å²) in [4.78, 5) is 16.4. The second kappa shape index (κ2) is 9.77. The van der Waals surface area contributed by atoms with E-state index in [1.807, 2.05) is 68.6 Å². The fourth-order valence-corrected chi connectivity index (χ4v) is 5.73. The van der Waals surface area contributed by atoms with Crippen LogP contribution in [0.3, 0.4) is 0 Å². The predicted octanol–water partition coefficient (Wildman–Crippen LogP) is 4.77. The highest BCUT2D eigenvalue weighted by atomic mass is 32.2. The minimum atomic E-state index is -3.83. The maximum atomic E-state index is 13.4. The van der Waals surface area contributed by atoms with Gasteiger partial charge in [-0.05, 0) is 49.9 Å². The van der Waals surface area contributed by atoms with Gasteiger partial charge in [-0.3, -0.25) is 4.79 Å². The van der Waals surface area contributed by atoms with Crippen LogP contribution in [0.4, 0.5) is 0 Å². The van der Waals surface area contributed by atoms with Crippen molar-refractivity contribution in [1.29, 1.82) is 0 Å². The van der Waals surface area contributed by atoms with Gasteiger partial charge in [0.15, 0.2) is 0 Å². The van der Waals surface area contributed by atoms with Crippen molar-refractivity contribution in [1.82, 2.24) is 9.21 Å². The van der Waals surface area contributed by atoms with Gasteiger partial charge < -0.3 is 4.90 Å². The Morgan fingerprint density at radius 1 is 0.871 bits per heavy atom. The Morgan fingerprint density at radius 3 is 2.03 bits per heavy atom. The number of amides is 1. The number of sulfonamides is 1. The van der Waals surface area contributed by atoms with Crippen molar-refractivity contribution in [3.05, 3.63) is 88.6 Å². The molecule has 7 heteroatoms. The number of nitrogens with zero attached hydrogens (tertiary/aromatic N) is 2. The third kappa shape index (κ3) is 6.03. The molecule has 164 valence electrons. The Labute approximate surface area is 189 Å². The summed E-state index contributed by atoms with van der Waals surface area (Å²) in [5, 5.41) is 1.97. The molecule has 0 saturated carbocycles. The summed E-state index contributed by atoms with van der Waals surface area (Å²) in [6, 6.07) is 21.9. The first kappa shape index (κ1) is 23.2. The lowest BCUT2D eigenvalue weighted by Gasteiger charge is -2.35. The molecule has 0 saturated heterocycles. The van der Waals surface area contributed by atoms with Crippen LogP contribution in [-0.2, 0) is 27.9 Å². The summed E-state index contributed by atoms with van der Waals surface area (Å²) in [6.07, 6.45) is 0. The molecular formula is C24H28N2O3S2. The van der Waals surface area contributed by atoms with E-state index < -0.39 is 15.6 Å². The van der Waals surface area contributed by atoms with E-state index in [0.29, 0.717) is 13.1 Å². The van der Waals surface area contributed by atoms with Crippen LogP contribution < -0.4 is 0 Å². The van der Waals surface area contributed by atoms with Gasteiger partial charge in [-0.25, -0.2) is 8.42 Å². The summed E-state index contributed by atoms with van der Waals surface area (Å²) in [5.74, 6) is -0.230. The molecular weight excluding hydrogens is 428 g/mol. The van der Waals surface area contributed by atoms with Crippen molar-refractivity contribution in [3.63, 3.8) is 0 Å². The zero-order chi connectivity index (χ0) is 22.5. The van der Waals surface area contributed by atoms with Crippen molar-refractivity contribution >= 4 is 27.3 Å². The lowest BCUT2D eigenvalue weighted by Crippen LogP contribution is -2.50. The first-order valence-electron chi connectivity index (χ1n) is 10.1. The molecule has 3 aromatic rings. The summed E-state index contributed by atoms with van der Waals surface area (Å²) in [6.45, 7) is 6.05. The Balaban J connectivity index is 1.89. The quantitative estimate of drug-likeness (QED) is 0.491. The zero-order valence-corrected chi connectivity index (χ0v) is 19.7. The molecule has 0 atom stereocenters. The second-order valence-corrected chi connectivity index (χ2v) is 11.2. The minimum Gasteiger partial charge on any atom is -0.332 e. The van der Waals surface area contributed by atoms with Gasteiger partial charge in [-0.15, -0.1) is 11.3 Å². The van der Waals surface area contributed by atoms with Gasteiger partial charge in [-0.2, -0.15) is 4.31 Å². The third-order valence-corrected chi connectivity index (χ3v) is 7.84. The minimum absolute atomic E-state index is 0.186. The fourth-order valence-electron chi connectivity index (χ4n) is 3.25. The molecule has 0 bridgehead atoms. The van der Waals surface area contributed by atoms with Gasteiger partial charge in [0, 0.05) is 17.0 Å². The molecule has 0 unspecified atom stereocenters. The Morgan fingerprint density at radius 2 is 1.48 bits per heavy atom. The van der Waals surface area contributed by atoms with Crippen LogP contribution >= 0.6 is 11.3 Å². The molecule has 31 heavy (non-hydrogen) atoms. The molecule has 0 spiro atoms. The lowest BCUT2D eigenvalue weighted by molar-refractivity contribution is -0.133. The first-order valence-corrected chi connectivity index (χ1v) is 12.4. The highest BCUT2D eigenvalue weighted by Crippen LogP contribution is 2.25. The van der Waals surface area contributed by atoms with Gasteiger partial charge in [0.2, 0.25) is 15.9 Å². The lowest BCUT2D eigenvalue weighted by atomic mass is 10.1. The average molecular weight is 457 g/mol. The molecule has 0 aliphatic carbocycles. The number of carbonyl (C=O) groups is 1. The highest BCUT2D eigenvalue weighted by molar-refractivity contribution is 7.89. The Bertz CT molecular complexity index is 1070. The predicted molar refractivity (Wildman–Crippen MR) is 125 cm³/mol. The normalized spacial score (nSPS) is 12.1. The summed E-state index contributed by atoms with van der Waals surface area (Å²) in [5.41, 5.74) is 0.242. The number of hydrogen-bond acceptors (Lipinski definition) is 4. The molecule has 1 amide bonds. The van der Waals surface area contributed by atoms with E-state index in [1.54, 1.807) is 46.6 Å². The number of thiophene rings is 1. The van der Waals surface area contributed by atoms with Crippen LogP contribution in [-0.4, -0.2) is 35.6 Å². The van der Waals surface area contributed by atoms with Crippen molar-refractivity contribution in [3.8, 4) is 0 Å². The molecule has 0 radical (unpaired) electrons.